The molecule has 1 heterocycles. The molecule has 0 bridgehead atoms. The first-order valence-corrected chi connectivity index (χ1v) is 13.2. The molecule has 1 N–H and O–H groups in total. The number of imidazole rings is 1. The van der Waals surface area contributed by atoms with Crippen LogP contribution in [-0.2, 0) is 12.0 Å². The zero-order valence-electron chi connectivity index (χ0n) is 23.0. The van der Waals surface area contributed by atoms with Gasteiger partial charge in [-0.2, -0.15) is 0 Å². The predicted molar refractivity (Wildman–Crippen MR) is 151 cm³/mol. The smallest absolute Gasteiger partial charge is 0.252 e. The summed E-state index contributed by atoms with van der Waals surface area (Å²) in [5.74, 6) is 1.71. The molecule has 194 valence electrons. The van der Waals surface area contributed by atoms with Crippen molar-refractivity contribution >= 4 is 16.9 Å². The second-order valence-electron chi connectivity index (χ2n) is 11.0. The van der Waals surface area contributed by atoms with Gasteiger partial charge in [-0.3, -0.25) is 4.79 Å². The molecule has 3 aromatic carbocycles. The molecule has 5 heteroatoms. The molecule has 5 nitrogen and oxygen atoms in total. The zero-order chi connectivity index (χ0) is 26.6. The van der Waals surface area contributed by atoms with Crippen LogP contribution in [0.2, 0.25) is 0 Å². The SMILES string of the molecule is Cc1ccc(C(=O)NC(C)c2nc3ccccc3n2CCCCOc2ccc(C(C)(C)C)cc2)c(C)c1. The number of hydrogen-bond acceptors (Lipinski definition) is 3. The molecule has 4 aromatic rings. The maximum absolute atomic E-state index is 13.0. The lowest BCUT2D eigenvalue weighted by Gasteiger charge is -2.19. The van der Waals surface area contributed by atoms with Crippen LogP contribution in [0.15, 0.2) is 66.7 Å². The maximum Gasteiger partial charge on any atom is 0.252 e. The second-order valence-corrected chi connectivity index (χ2v) is 11.0. The normalized spacial score (nSPS) is 12.5. The molecule has 0 aliphatic rings. The fourth-order valence-electron chi connectivity index (χ4n) is 4.68. The van der Waals surface area contributed by atoms with Gasteiger partial charge in [-0.15, -0.1) is 0 Å². The van der Waals surface area contributed by atoms with Crippen LogP contribution in [0.5, 0.6) is 5.75 Å². The first-order valence-electron chi connectivity index (χ1n) is 13.2. The van der Waals surface area contributed by atoms with E-state index < -0.39 is 0 Å². The molecule has 1 aromatic heterocycles. The highest BCUT2D eigenvalue weighted by Crippen LogP contribution is 2.25. The lowest BCUT2D eigenvalue weighted by Crippen LogP contribution is -2.29. The summed E-state index contributed by atoms with van der Waals surface area (Å²) in [6.45, 7) is 14.1. The zero-order valence-corrected chi connectivity index (χ0v) is 23.0. The third-order valence-electron chi connectivity index (χ3n) is 6.81. The Morgan fingerprint density at radius 3 is 2.43 bits per heavy atom. The fraction of sp³-hybridized carbons (Fsp3) is 0.375. The van der Waals surface area contributed by atoms with Crippen molar-refractivity contribution in [3.8, 4) is 5.75 Å². The second kappa shape index (κ2) is 11.2. The maximum atomic E-state index is 13.0. The number of rotatable bonds is 9. The number of nitrogens with one attached hydrogen (secondary N) is 1. The highest BCUT2D eigenvalue weighted by molar-refractivity contribution is 5.96. The summed E-state index contributed by atoms with van der Waals surface area (Å²) < 4.78 is 8.23. The number of nitrogens with zero attached hydrogens (tertiary/aromatic N) is 2. The molecule has 37 heavy (non-hydrogen) atoms. The predicted octanol–water partition coefficient (Wildman–Crippen LogP) is 7.30. The summed E-state index contributed by atoms with van der Waals surface area (Å²) in [5.41, 5.74) is 6.30. The van der Waals surface area contributed by atoms with E-state index >= 15 is 0 Å². The number of ether oxygens (including phenoxy) is 1. The van der Waals surface area contributed by atoms with Gasteiger partial charge in [0.15, 0.2) is 0 Å². The van der Waals surface area contributed by atoms with Crippen molar-refractivity contribution in [2.24, 2.45) is 0 Å². The quantitative estimate of drug-likeness (QED) is 0.247. The Hall–Kier alpha value is -3.60. The van der Waals surface area contributed by atoms with E-state index in [0.717, 1.165) is 53.1 Å². The van der Waals surface area contributed by atoms with Gasteiger partial charge in [0.1, 0.15) is 11.6 Å². The van der Waals surface area contributed by atoms with E-state index in [-0.39, 0.29) is 17.4 Å². The third-order valence-corrected chi connectivity index (χ3v) is 6.81. The molecule has 0 aliphatic heterocycles. The monoisotopic (exact) mass is 497 g/mol. The largest absolute Gasteiger partial charge is 0.494 e. The fourth-order valence-corrected chi connectivity index (χ4v) is 4.68. The number of fused-ring (bicyclic) bond motifs is 1. The molecule has 0 aliphatic carbocycles. The minimum atomic E-state index is -0.224. The molecule has 1 atom stereocenters. The number of carbonyl (C=O) groups excluding carboxylic acids is 1. The third kappa shape index (κ3) is 6.40. The van der Waals surface area contributed by atoms with Crippen LogP contribution in [0.3, 0.4) is 0 Å². The summed E-state index contributed by atoms with van der Waals surface area (Å²) in [7, 11) is 0. The van der Waals surface area contributed by atoms with E-state index in [2.05, 4.69) is 61.0 Å². The summed E-state index contributed by atoms with van der Waals surface area (Å²) in [6.07, 6.45) is 1.88. The van der Waals surface area contributed by atoms with E-state index in [1.54, 1.807) is 0 Å². The molecule has 4 rings (SSSR count). The average Bonchev–Trinajstić information content (AvgIpc) is 3.22. The standard InChI is InChI=1S/C32H39N3O2/c1-22-13-18-27(23(2)21-22)31(36)33-24(3)30-34-28-11-7-8-12-29(28)35(30)19-9-10-20-37-26-16-14-25(15-17-26)32(4,5)6/h7-8,11-18,21,24H,9-10,19-20H2,1-6H3,(H,33,36). The van der Waals surface area contributed by atoms with Crippen LogP contribution in [0, 0.1) is 13.8 Å². The summed E-state index contributed by atoms with van der Waals surface area (Å²) in [5, 5.41) is 3.17. The van der Waals surface area contributed by atoms with Crippen LogP contribution in [0.1, 0.15) is 79.5 Å². The van der Waals surface area contributed by atoms with Gasteiger partial charge in [0.2, 0.25) is 0 Å². The number of benzene rings is 3. The first kappa shape index (κ1) is 26.5. The summed E-state index contributed by atoms with van der Waals surface area (Å²) >= 11 is 0. The van der Waals surface area contributed by atoms with Gasteiger partial charge < -0.3 is 14.6 Å². The molecule has 0 fully saturated rings. The Morgan fingerprint density at radius 2 is 1.73 bits per heavy atom. The molecule has 0 radical (unpaired) electrons. The Balaban J connectivity index is 1.40. The van der Waals surface area contributed by atoms with Crippen molar-refractivity contribution < 1.29 is 9.53 Å². The van der Waals surface area contributed by atoms with E-state index in [1.807, 2.05) is 57.2 Å². The number of hydrogen-bond donors (Lipinski definition) is 1. The Kier molecular flexibility index (Phi) is 8.01. The van der Waals surface area contributed by atoms with Crippen LogP contribution >= 0.6 is 0 Å². The van der Waals surface area contributed by atoms with Crippen molar-refractivity contribution in [2.45, 2.75) is 72.4 Å². The van der Waals surface area contributed by atoms with Gasteiger partial charge in [0.05, 0.1) is 23.7 Å². The Bertz CT molecular complexity index is 1360. The van der Waals surface area contributed by atoms with Crippen molar-refractivity contribution in [3.63, 3.8) is 0 Å². The van der Waals surface area contributed by atoms with Crippen molar-refractivity contribution in [3.05, 3.63) is 94.8 Å². The van der Waals surface area contributed by atoms with Crippen molar-refractivity contribution in [1.82, 2.24) is 14.9 Å². The average molecular weight is 498 g/mol. The summed E-state index contributed by atoms with van der Waals surface area (Å²) in [6, 6.07) is 22.2. The molecule has 0 spiro atoms. The minimum absolute atomic E-state index is 0.0746. The Morgan fingerprint density at radius 1 is 1.00 bits per heavy atom. The van der Waals surface area contributed by atoms with E-state index in [1.165, 1.54) is 5.56 Å². The molecule has 0 saturated carbocycles. The topological polar surface area (TPSA) is 56.2 Å². The Labute approximate surface area is 220 Å². The van der Waals surface area contributed by atoms with Crippen LogP contribution in [0.25, 0.3) is 11.0 Å². The van der Waals surface area contributed by atoms with Gasteiger partial charge in [-0.25, -0.2) is 4.98 Å². The van der Waals surface area contributed by atoms with E-state index in [0.29, 0.717) is 12.2 Å². The van der Waals surface area contributed by atoms with Crippen LogP contribution < -0.4 is 10.1 Å². The van der Waals surface area contributed by atoms with Crippen LogP contribution in [0.4, 0.5) is 0 Å². The molecule has 0 saturated heterocycles. The molecule has 1 amide bonds. The lowest BCUT2D eigenvalue weighted by molar-refractivity contribution is 0.0937. The van der Waals surface area contributed by atoms with Gasteiger partial charge >= 0.3 is 0 Å². The summed E-state index contributed by atoms with van der Waals surface area (Å²) in [4.78, 5) is 17.9. The van der Waals surface area contributed by atoms with Gasteiger partial charge in [0, 0.05) is 12.1 Å². The van der Waals surface area contributed by atoms with Gasteiger partial charge in [0.25, 0.3) is 5.91 Å². The van der Waals surface area contributed by atoms with Crippen molar-refractivity contribution in [1.29, 1.82) is 0 Å². The highest BCUT2D eigenvalue weighted by atomic mass is 16.5. The van der Waals surface area contributed by atoms with Crippen LogP contribution in [-0.4, -0.2) is 22.1 Å². The molecule has 1 unspecified atom stereocenters. The highest BCUT2D eigenvalue weighted by Gasteiger charge is 2.20. The number of aryl methyl sites for hydroxylation is 3. The van der Waals surface area contributed by atoms with Crippen molar-refractivity contribution in [2.75, 3.05) is 6.61 Å². The van der Waals surface area contributed by atoms with E-state index in [4.69, 9.17) is 9.72 Å². The minimum Gasteiger partial charge on any atom is -0.494 e. The molecular weight excluding hydrogens is 458 g/mol. The lowest BCUT2D eigenvalue weighted by atomic mass is 9.87. The number of amides is 1. The van der Waals surface area contributed by atoms with E-state index in [9.17, 15) is 4.79 Å². The number of carbonyl (C=O) groups is 1. The number of para-hydroxylation sites is 2. The van der Waals surface area contributed by atoms with Gasteiger partial charge in [-0.05, 0) is 80.5 Å². The number of aromatic nitrogens is 2. The first-order chi connectivity index (χ1) is 17.6. The van der Waals surface area contributed by atoms with Gasteiger partial charge in [-0.1, -0.05) is 62.7 Å². The number of unbranched alkanes of at least 4 members (excludes halogenated alkanes) is 1. The molecular formula is C32H39N3O2.